The lowest BCUT2D eigenvalue weighted by molar-refractivity contribution is 0.0376. The molecule has 2 aliphatic rings. The highest BCUT2D eigenvalue weighted by Gasteiger charge is 2.27. The molecule has 4 heteroatoms. The van der Waals surface area contributed by atoms with Crippen LogP contribution in [0.25, 0.3) is 10.9 Å². The number of aromatic nitrogens is 1. The van der Waals surface area contributed by atoms with Gasteiger partial charge in [-0.3, -0.25) is 4.90 Å². The number of nitrogens with zero attached hydrogens (tertiary/aromatic N) is 2. The van der Waals surface area contributed by atoms with Gasteiger partial charge in [0.1, 0.15) is 0 Å². The molecule has 0 amide bonds. The summed E-state index contributed by atoms with van der Waals surface area (Å²) < 4.78 is 0. The van der Waals surface area contributed by atoms with Crippen LogP contribution in [0.5, 0.6) is 0 Å². The number of hydrogen-bond donors (Lipinski definition) is 2. The summed E-state index contributed by atoms with van der Waals surface area (Å²) in [6, 6.07) is 9.47. The Hall–Kier alpha value is -1.36. The minimum absolute atomic E-state index is 0.0619. The first-order valence-corrected chi connectivity index (χ1v) is 8.99. The standard InChI is InChI=1S/C19H27N3O/c23-17-7-12-22(13-8-17)16-5-10-21(11-6-16)14-15-2-1-3-19-18(15)4-9-20-19/h1-4,9,16-17,20,23H,5-8,10-14H2. The average molecular weight is 313 g/mol. The van der Waals surface area contributed by atoms with Crippen LogP contribution in [0.2, 0.25) is 0 Å². The normalized spacial score (nSPS) is 22.8. The first kappa shape index (κ1) is 15.2. The van der Waals surface area contributed by atoms with Gasteiger partial charge in [0.25, 0.3) is 0 Å². The van der Waals surface area contributed by atoms with Gasteiger partial charge in [-0.05, 0) is 56.5 Å². The summed E-state index contributed by atoms with van der Waals surface area (Å²) in [4.78, 5) is 8.51. The maximum Gasteiger partial charge on any atom is 0.0564 e. The van der Waals surface area contributed by atoms with Gasteiger partial charge < -0.3 is 15.0 Å². The molecule has 4 rings (SSSR count). The van der Waals surface area contributed by atoms with Gasteiger partial charge >= 0.3 is 0 Å². The van der Waals surface area contributed by atoms with Gasteiger partial charge in [-0.25, -0.2) is 0 Å². The van der Waals surface area contributed by atoms with E-state index < -0.39 is 0 Å². The highest BCUT2D eigenvalue weighted by Crippen LogP contribution is 2.24. The van der Waals surface area contributed by atoms with E-state index in [1.807, 2.05) is 6.20 Å². The lowest BCUT2D eigenvalue weighted by atomic mass is 9.98. The Labute approximate surface area is 138 Å². The third-order valence-corrected chi connectivity index (χ3v) is 5.65. The molecule has 0 bridgehead atoms. The van der Waals surface area contributed by atoms with Crippen LogP contribution < -0.4 is 0 Å². The zero-order valence-corrected chi connectivity index (χ0v) is 13.7. The predicted octanol–water partition coefficient (Wildman–Crippen LogP) is 2.59. The van der Waals surface area contributed by atoms with Crippen LogP contribution >= 0.6 is 0 Å². The van der Waals surface area contributed by atoms with Crippen molar-refractivity contribution in [1.29, 1.82) is 0 Å². The first-order valence-electron chi connectivity index (χ1n) is 8.99. The van der Waals surface area contributed by atoms with Crippen LogP contribution in [-0.2, 0) is 6.54 Å². The monoisotopic (exact) mass is 313 g/mol. The number of fused-ring (bicyclic) bond motifs is 1. The Kier molecular flexibility index (Phi) is 4.38. The molecular formula is C19H27N3O. The third kappa shape index (κ3) is 3.30. The molecule has 1 aromatic carbocycles. The summed E-state index contributed by atoms with van der Waals surface area (Å²) in [7, 11) is 0. The summed E-state index contributed by atoms with van der Waals surface area (Å²) >= 11 is 0. The number of benzene rings is 1. The number of aliphatic hydroxyl groups excluding tert-OH is 1. The number of H-pyrrole nitrogens is 1. The zero-order chi connectivity index (χ0) is 15.6. The Morgan fingerprint density at radius 2 is 1.78 bits per heavy atom. The average Bonchev–Trinajstić information content (AvgIpc) is 3.06. The van der Waals surface area contributed by atoms with Crippen molar-refractivity contribution < 1.29 is 5.11 Å². The molecule has 4 nitrogen and oxygen atoms in total. The Bertz CT molecular complexity index is 637. The Morgan fingerprint density at radius 1 is 1.00 bits per heavy atom. The van der Waals surface area contributed by atoms with Gasteiger partial charge in [0.05, 0.1) is 6.10 Å². The number of rotatable bonds is 3. The highest BCUT2D eigenvalue weighted by molar-refractivity contribution is 5.82. The van der Waals surface area contributed by atoms with Gasteiger partial charge in [-0.15, -0.1) is 0 Å². The molecular weight excluding hydrogens is 286 g/mol. The summed E-state index contributed by atoms with van der Waals surface area (Å²) in [5.41, 5.74) is 2.67. The quantitative estimate of drug-likeness (QED) is 0.915. The molecule has 124 valence electrons. The van der Waals surface area contributed by atoms with Crippen LogP contribution in [-0.4, -0.2) is 58.2 Å². The van der Waals surface area contributed by atoms with Crippen LogP contribution in [0.1, 0.15) is 31.2 Å². The van der Waals surface area contributed by atoms with Crippen molar-refractivity contribution in [2.45, 2.75) is 44.4 Å². The number of aromatic amines is 1. The molecule has 0 spiro atoms. The minimum Gasteiger partial charge on any atom is -0.393 e. The smallest absolute Gasteiger partial charge is 0.0564 e. The van der Waals surface area contributed by atoms with Crippen molar-refractivity contribution >= 4 is 10.9 Å². The fourth-order valence-corrected chi connectivity index (χ4v) is 4.22. The summed E-state index contributed by atoms with van der Waals surface area (Å²) in [5, 5.41) is 11.0. The molecule has 2 saturated heterocycles. The lowest BCUT2D eigenvalue weighted by Crippen LogP contribution is -2.48. The second-order valence-electron chi connectivity index (χ2n) is 7.13. The maximum atomic E-state index is 9.66. The van der Waals surface area contributed by atoms with E-state index >= 15 is 0 Å². The van der Waals surface area contributed by atoms with Crippen molar-refractivity contribution in [2.24, 2.45) is 0 Å². The molecule has 2 aliphatic heterocycles. The van der Waals surface area contributed by atoms with Crippen molar-refractivity contribution in [3.8, 4) is 0 Å². The number of nitrogens with one attached hydrogen (secondary N) is 1. The topological polar surface area (TPSA) is 42.5 Å². The highest BCUT2D eigenvalue weighted by atomic mass is 16.3. The molecule has 2 aromatic rings. The van der Waals surface area contributed by atoms with Crippen molar-refractivity contribution in [2.75, 3.05) is 26.2 Å². The van der Waals surface area contributed by atoms with E-state index in [-0.39, 0.29) is 6.10 Å². The van der Waals surface area contributed by atoms with E-state index in [1.165, 1.54) is 42.4 Å². The molecule has 0 aliphatic carbocycles. The molecule has 23 heavy (non-hydrogen) atoms. The molecule has 0 saturated carbocycles. The molecule has 1 aromatic heterocycles. The number of aliphatic hydroxyl groups is 1. The van der Waals surface area contributed by atoms with E-state index in [4.69, 9.17) is 0 Å². The number of piperidine rings is 2. The van der Waals surface area contributed by atoms with E-state index in [1.54, 1.807) is 0 Å². The summed E-state index contributed by atoms with van der Waals surface area (Å²) in [5.74, 6) is 0. The third-order valence-electron chi connectivity index (χ3n) is 5.65. The van der Waals surface area contributed by atoms with Crippen LogP contribution in [0.4, 0.5) is 0 Å². The first-order chi connectivity index (χ1) is 11.3. The van der Waals surface area contributed by atoms with E-state index in [9.17, 15) is 5.11 Å². The molecule has 2 N–H and O–H groups in total. The van der Waals surface area contributed by atoms with Crippen molar-refractivity contribution in [3.05, 3.63) is 36.0 Å². The van der Waals surface area contributed by atoms with Gasteiger partial charge in [-0.2, -0.15) is 0 Å². The molecule has 0 radical (unpaired) electrons. The molecule has 0 atom stereocenters. The summed E-state index contributed by atoms with van der Waals surface area (Å²) in [6.07, 6.45) is 6.41. The fourth-order valence-electron chi connectivity index (χ4n) is 4.22. The van der Waals surface area contributed by atoms with Gasteiger partial charge in [-0.1, -0.05) is 12.1 Å². The number of hydrogen-bond acceptors (Lipinski definition) is 3. The Balaban J connectivity index is 1.34. The largest absolute Gasteiger partial charge is 0.393 e. The second-order valence-corrected chi connectivity index (χ2v) is 7.13. The SMILES string of the molecule is OC1CCN(C2CCN(Cc3cccc4[nH]ccc34)CC2)CC1. The lowest BCUT2D eigenvalue weighted by Gasteiger charge is -2.41. The zero-order valence-electron chi connectivity index (χ0n) is 13.7. The van der Waals surface area contributed by atoms with Crippen LogP contribution in [0, 0.1) is 0 Å². The Morgan fingerprint density at radius 3 is 2.57 bits per heavy atom. The van der Waals surface area contributed by atoms with E-state index in [2.05, 4.69) is 39.0 Å². The summed E-state index contributed by atoms with van der Waals surface area (Å²) in [6.45, 7) is 5.58. The predicted molar refractivity (Wildman–Crippen MR) is 93.4 cm³/mol. The number of likely N-dealkylation sites (tertiary alicyclic amines) is 2. The van der Waals surface area contributed by atoms with Gasteiger partial charge in [0.2, 0.25) is 0 Å². The van der Waals surface area contributed by atoms with Crippen molar-refractivity contribution in [1.82, 2.24) is 14.8 Å². The minimum atomic E-state index is -0.0619. The van der Waals surface area contributed by atoms with Gasteiger partial charge in [0.15, 0.2) is 0 Å². The second kappa shape index (κ2) is 6.63. The van der Waals surface area contributed by atoms with E-state index in [0.717, 1.165) is 38.5 Å². The maximum absolute atomic E-state index is 9.66. The van der Waals surface area contributed by atoms with Crippen LogP contribution in [0.15, 0.2) is 30.5 Å². The van der Waals surface area contributed by atoms with Crippen LogP contribution in [0.3, 0.4) is 0 Å². The van der Waals surface area contributed by atoms with Gasteiger partial charge in [0, 0.05) is 42.8 Å². The molecule has 3 heterocycles. The van der Waals surface area contributed by atoms with Crippen molar-refractivity contribution in [3.63, 3.8) is 0 Å². The van der Waals surface area contributed by atoms with E-state index in [0.29, 0.717) is 0 Å². The molecule has 2 fully saturated rings. The molecule has 0 unspecified atom stereocenters. The fraction of sp³-hybridized carbons (Fsp3) is 0.579.